The van der Waals surface area contributed by atoms with Crippen LogP contribution in [0.25, 0.3) is 0 Å². The molecular formula is C8H19NO. The number of rotatable bonds is 1. The molecule has 0 aliphatic carbocycles. The van der Waals surface area contributed by atoms with Crippen LogP contribution in [0.15, 0.2) is 0 Å². The van der Waals surface area contributed by atoms with E-state index in [1.165, 1.54) is 43.4 Å². The van der Waals surface area contributed by atoms with Crippen molar-refractivity contribution in [1.82, 2.24) is 0 Å². The normalized spacial score (nSPS) is 23.4. The summed E-state index contributed by atoms with van der Waals surface area (Å²) in [5.41, 5.74) is 0. The highest BCUT2D eigenvalue weighted by molar-refractivity contribution is 4.49. The maximum Gasteiger partial charge on any atom is 0.0784 e. The van der Waals surface area contributed by atoms with Gasteiger partial charge < -0.3 is 9.96 Å². The second-order valence-corrected chi connectivity index (χ2v) is 3.44. The number of likely N-dealkylation sites (tertiary alicyclic amines) is 1. The summed E-state index contributed by atoms with van der Waals surface area (Å²) in [7, 11) is 2.37. The van der Waals surface area contributed by atoms with Crippen molar-refractivity contribution in [1.29, 1.82) is 0 Å². The molecule has 1 fully saturated rings. The van der Waals surface area contributed by atoms with Gasteiger partial charge >= 0.3 is 0 Å². The van der Waals surface area contributed by atoms with Crippen LogP contribution < -0.4 is 0 Å². The number of hydrogen-bond donors (Lipinski definition) is 0. The van der Waals surface area contributed by atoms with Gasteiger partial charge in [-0.1, -0.05) is 0 Å². The van der Waals surface area contributed by atoms with Crippen LogP contribution in [-0.2, 0) is 0 Å². The minimum absolute atomic E-state index is 0. The molecule has 0 amide bonds. The third-order valence-corrected chi connectivity index (χ3v) is 2.66. The van der Waals surface area contributed by atoms with Gasteiger partial charge in [0.15, 0.2) is 0 Å². The molecule has 0 bridgehead atoms. The zero-order valence-electron chi connectivity index (χ0n) is 7.14. The number of hydrogen-bond acceptors (Lipinski definition) is 1. The molecule has 2 nitrogen and oxygen atoms in total. The topological polar surface area (TPSA) is 30.0 Å². The fourth-order valence-electron chi connectivity index (χ4n) is 1.59. The molecule has 0 spiro atoms. The first-order valence-electron chi connectivity index (χ1n) is 4.10. The number of quaternary nitrogens is 1. The van der Waals surface area contributed by atoms with Crippen LogP contribution in [0.2, 0.25) is 0 Å². The van der Waals surface area contributed by atoms with E-state index in [0.29, 0.717) is 0 Å². The van der Waals surface area contributed by atoms with Crippen molar-refractivity contribution in [2.75, 3.05) is 26.7 Å². The first kappa shape index (κ1) is 9.92. The summed E-state index contributed by atoms with van der Waals surface area (Å²) >= 11 is 0. The lowest BCUT2D eigenvalue weighted by Crippen LogP contribution is -2.47. The highest BCUT2D eigenvalue weighted by Crippen LogP contribution is 2.14. The average molecular weight is 145 g/mol. The SMILES string of the molecule is CC[N+]1(C)CCCCC1.[OH-]. The smallest absolute Gasteiger partial charge is 0.0784 e. The van der Waals surface area contributed by atoms with E-state index in [2.05, 4.69) is 14.0 Å². The van der Waals surface area contributed by atoms with Crippen molar-refractivity contribution in [3.8, 4) is 0 Å². The van der Waals surface area contributed by atoms with E-state index in [4.69, 9.17) is 0 Å². The van der Waals surface area contributed by atoms with E-state index in [1.54, 1.807) is 0 Å². The molecule has 0 aromatic rings. The summed E-state index contributed by atoms with van der Waals surface area (Å²) in [6, 6.07) is 0. The highest BCUT2D eigenvalue weighted by Gasteiger charge is 2.21. The van der Waals surface area contributed by atoms with Crippen molar-refractivity contribution in [2.24, 2.45) is 0 Å². The lowest BCUT2D eigenvalue weighted by molar-refractivity contribution is -0.912. The van der Waals surface area contributed by atoms with Gasteiger partial charge in [-0.05, 0) is 26.2 Å². The Hall–Kier alpha value is -0.0800. The van der Waals surface area contributed by atoms with E-state index in [-0.39, 0.29) is 5.48 Å². The van der Waals surface area contributed by atoms with E-state index in [1.807, 2.05) is 0 Å². The summed E-state index contributed by atoms with van der Waals surface area (Å²) in [6.45, 7) is 6.44. The summed E-state index contributed by atoms with van der Waals surface area (Å²) < 4.78 is 1.32. The van der Waals surface area contributed by atoms with Gasteiger partial charge in [-0.15, -0.1) is 0 Å². The zero-order valence-corrected chi connectivity index (χ0v) is 7.14. The predicted molar refractivity (Wildman–Crippen MR) is 42.2 cm³/mol. The quantitative estimate of drug-likeness (QED) is 0.514. The van der Waals surface area contributed by atoms with E-state index >= 15 is 0 Å². The van der Waals surface area contributed by atoms with Crippen molar-refractivity contribution in [3.63, 3.8) is 0 Å². The predicted octanol–water partition coefficient (Wildman–Crippen LogP) is 1.46. The summed E-state index contributed by atoms with van der Waals surface area (Å²) in [5, 5.41) is 0. The van der Waals surface area contributed by atoms with Gasteiger partial charge in [0.25, 0.3) is 0 Å². The van der Waals surface area contributed by atoms with Crippen molar-refractivity contribution >= 4 is 0 Å². The van der Waals surface area contributed by atoms with Gasteiger partial charge in [0.2, 0.25) is 0 Å². The molecule has 0 aromatic heterocycles. The Bertz CT molecular complexity index is 87.3. The first-order chi connectivity index (χ1) is 4.27. The zero-order chi connectivity index (χ0) is 6.74. The molecule has 1 rings (SSSR count). The number of nitrogens with zero attached hydrogens (tertiary/aromatic N) is 1. The van der Waals surface area contributed by atoms with Gasteiger partial charge in [-0.2, -0.15) is 0 Å². The van der Waals surface area contributed by atoms with Gasteiger partial charge in [0, 0.05) is 0 Å². The molecule has 1 N–H and O–H groups in total. The Kier molecular flexibility index (Phi) is 3.91. The Morgan fingerprint density at radius 2 is 1.60 bits per heavy atom. The number of piperidine rings is 1. The molecule has 2 heteroatoms. The standard InChI is InChI=1S/C8H18N.H2O/c1-3-9(2)7-5-4-6-8-9;/h3-8H2,1-2H3;1H2/q+1;/p-1. The molecule has 0 atom stereocenters. The fourth-order valence-corrected chi connectivity index (χ4v) is 1.59. The maximum absolute atomic E-state index is 2.37. The molecular weight excluding hydrogens is 126 g/mol. The van der Waals surface area contributed by atoms with E-state index < -0.39 is 0 Å². The third-order valence-electron chi connectivity index (χ3n) is 2.66. The molecule has 1 heterocycles. The van der Waals surface area contributed by atoms with Crippen molar-refractivity contribution in [3.05, 3.63) is 0 Å². The fraction of sp³-hybridized carbons (Fsp3) is 1.00. The second kappa shape index (κ2) is 3.94. The van der Waals surface area contributed by atoms with Gasteiger partial charge in [-0.3, -0.25) is 0 Å². The monoisotopic (exact) mass is 145 g/mol. The molecule has 1 aliphatic rings. The third kappa shape index (κ3) is 2.27. The minimum Gasteiger partial charge on any atom is -0.870 e. The molecule has 10 heavy (non-hydrogen) atoms. The lowest BCUT2D eigenvalue weighted by atomic mass is 10.1. The minimum atomic E-state index is 0. The van der Waals surface area contributed by atoms with Crippen LogP contribution in [-0.4, -0.2) is 36.6 Å². The summed E-state index contributed by atoms with van der Waals surface area (Å²) in [6.07, 6.45) is 4.36. The van der Waals surface area contributed by atoms with Gasteiger partial charge in [0.1, 0.15) is 0 Å². The van der Waals surface area contributed by atoms with Crippen molar-refractivity contribution in [2.45, 2.75) is 26.2 Å². The Labute approximate surface area is 63.7 Å². The molecule has 62 valence electrons. The molecule has 1 aliphatic heterocycles. The van der Waals surface area contributed by atoms with Crippen LogP contribution in [0.4, 0.5) is 0 Å². The largest absolute Gasteiger partial charge is 0.870 e. The van der Waals surface area contributed by atoms with Crippen LogP contribution in [0, 0.1) is 0 Å². The average Bonchev–Trinajstić information content (AvgIpc) is 1.90. The van der Waals surface area contributed by atoms with Crippen LogP contribution in [0.5, 0.6) is 0 Å². The molecule has 1 saturated heterocycles. The Balaban J connectivity index is 0.000000810. The van der Waals surface area contributed by atoms with E-state index in [0.717, 1.165) is 0 Å². The molecule has 0 aromatic carbocycles. The molecule has 0 radical (unpaired) electrons. The second-order valence-electron chi connectivity index (χ2n) is 3.44. The van der Waals surface area contributed by atoms with Crippen LogP contribution >= 0.6 is 0 Å². The van der Waals surface area contributed by atoms with Gasteiger partial charge in [0.05, 0.1) is 26.7 Å². The van der Waals surface area contributed by atoms with Crippen LogP contribution in [0.3, 0.4) is 0 Å². The van der Waals surface area contributed by atoms with Gasteiger partial charge in [-0.25, -0.2) is 0 Å². The molecule has 0 unspecified atom stereocenters. The lowest BCUT2D eigenvalue weighted by Gasteiger charge is -2.36. The van der Waals surface area contributed by atoms with E-state index in [9.17, 15) is 0 Å². The Morgan fingerprint density at radius 3 is 1.90 bits per heavy atom. The van der Waals surface area contributed by atoms with Crippen molar-refractivity contribution < 1.29 is 9.96 Å². The summed E-state index contributed by atoms with van der Waals surface area (Å²) in [5.74, 6) is 0. The van der Waals surface area contributed by atoms with Crippen LogP contribution in [0.1, 0.15) is 26.2 Å². The Morgan fingerprint density at radius 1 is 1.10 bits per heavy atom. The first-order valence-corrected chi connectivity index (χ1v) is 4.10. The highest BCUT2D eigenvalue weighted by atomic mass is 16.0. The summed E-state index contributed by atoms with van der Waals surface area (Å²) in [4.78, 5) is 0. The molecule has 0 saturated carbocycles. The maximum atomic E-state index is 2.37.